The molecule has 4 aromatic heterocycles. The Morgan fingerprint density at radius 1 is 0.373 bits per heavy atom. The molecule has 59 heavy (non-hydrogen) atoms. The van der Waals surface area contributed by atoms with Crippen LogP contribution in [0.4, 0.5) is 0 Å². The van der Waals surface area contributed by atoms with Crippen molar-refractivity contribution in [1.82, 2.24) is 24.5 Å². The molecule has 4 heterocycles. The van der Waals surface area contributed by atoms with Crippen LogP contribution < -0.4 is 0 Å². The molecular formula is C52H31N5O2. The first-order chi connectivity index (χ1) is 29.2. The number of hydrogen-bond acceptors (Lipinski definition) is 6. The first kappa shape index (κ1) is 33.0. The van der Waals surface area contributed by atoms with Gasteiger partial charge in [-0.25, -0.2) is 9.97 Å². The van der Waals surface area contributed by atoms with Gasteiger partial charge in [-0.3, -0.25) is 4.57 Å². The van der Waals surface area contributed by atoms with Crippen LogP contribution in [0.1, 0.15) is 0 Å². The molecule has 0 atom stereocenters. The Morgan fingerprint density at radius 3 is 1.88 bits per heavy atom. The molecule has 0 saturated carbocycles. The Bertz CT molecular complexity index is 3570. The Kier molecular flexibility index (Phi) is 7.40. The van der Waals surface area contributed by atoms with E-state index in [-0.39, 0.29) is 0 Å². The highest BCUT2D eigenvalue weighted by molar-refractivity contribution is 6.15. The fraction of sp³-hybridized carbons (Fsp3) is 0. The summed E-state index contributed by atoms with van der Waals surface area (Å²) in [6, 6.07) is 64.0. The summed E-state index contributed by atoms with van der Waals surface area (Å²) >= 11 is 0. The smallest absolute Gasteiger partial charge is 0.238 e. The minimum Gasteiger partial charge on any atom is -0.455 e. The van der Waals surface area contributed by atoms with Gasteiger partial charge in [-0.1, -0.05) is 140 Å². The van der Waals surface area contributed by atoms with E-state index in [2.05, 4.69) is 102 Å². The third kappa shape index (κ3) is 5.36. The van der Waals surface area contributed by atoms with Crippen molar-refractivity contribution in [2.45, 2.75) is 0 Å². The SMILES string of the molecule is c1ccc(-c2nc3cccc(-c4cccc(-c5nc(-c6cccc7c6oc6ccccc67)nc(-n6c7ccccc7c7c(-c8ccccc8)cccc76)n5)c4)c3o2)cc1. The molecule has 0 N–H and O–H groups in total. The fourth-order valence-corrected chi connectivity index (χ4v) is 8.44. The van der Waals surface area contributed by atoms with Crippen LogP contribution in [0.5, 0.6) is 0 Å². The maximum absolute atomic E-state index is 6.55. The van der Waals surface area contributed by atoms with Crippen LogP contribution >= 0.6 is 0 Å². The summed E-state index contributed by atoms with van der Waals surface area (Å²) in [6.45, 7) is 0. The third-order valence-electron chi connectivity index (χ3n) is 11.1. The lowest BCUT2D eigenvalue weighted by Crippen LogP contribution is -2.06. The molecule has 0 unspecified atom stereocenters. The van der Waals surface area contributed by atoms with Gasteiger partial charge in [-0.15, -0.1) is 0 Å². The van der Waals surface area contributed by atoms with Crippen molar-refractivity contribution >= 4 is 54.8 Å². The summed E-state index contributed by atoms with van der Waals surface area (Å²) in [5.41, 5.74) is 11.7. The summed E-state index contributed by atoms with van der Waals surface area (Å²) < 4.78 is 15.2. The minimum absolute atomic E-state index is 0.504. The van der Waals surface area contributed by atoms with Gasteiger partial charge in [0.1, 0.15) is 16.7 Å². The lowest BCUT2D eigenvalue weighted by atomic mass is 9.99. The summed E-state index contributed by atoms with van der Waals surface area (Å²) in [5, 5.41) is 4.29. The molecule has 0 fully saturated rings. The molecule has 0 radical (unpaired) electrons. The highest BCUT2D eigenvalue weighted by Gasteiger charge is 2.22. The van der Waals surface area contributed by atoms with Crippen LogP contribution in [0.2, 0.25) is 0 Å². The Hall–Kier alpha value is -8.16. The number of hydrogen-bond donors (Lipinski definition) is 0. The monoisotopic (exact) mass is 757 g/mol. The maximum Gasteiger partial charge on any atom is 0.238 e. The zero-order valence-corrected chi connectivity index (χ0v) is 31.5. The van der Waals surface area contributed by atoms with Gasteiger partial charge in [0.05, 0.1) is 16.6 Å². The molecule has 0 aliphatic heterocycles. The lowest BCUT2D eigenvalue weighted by Gasteiger charge is -2.12. The van der Waals surface area contributed by atoms with Crippen LogP contribution in [-0.4, -0.2) is 24.5 Å². The highest BCUT2D eigenvalue weighted by Crippen LogP contribution is 2.40. The predicted octanol–water partition coefficient (Wildman–Crippen LogP) is 13.3. The second kappa shape index (κ2) is 13.2. The number of rotatable bonds is 6. The van der Waals surface area contributed by atoms with Crippen LogP contribution in [0.15, 0.2) is 197 Å². The van der Waals surface area contributed by atoms with E-state index in [4.69, 9.17) is 28.8 Å². The molecular weight excluding hydrogens is 727 g/mol. The van der Waals surface area contributed by atoms with Crippen molar-refractivity contribution in [3.05, 3.63) is 188 Å². The van der Waals surface area contributed by atoms with Gasteiger partial charge in [0.15, 0.2) is 17.2 Å². The quantitative estimate of drug-likeness (QED) is 0.168. The van der Waals surface area contributed by atoms with Gasteiger partial charge < -0.3 is 8.83 Å². The van der Waals surface area contributed by atoms with E-state index >= 15 is 0 Å². The zero-order valence-electron chi connectivity index (χ0n) is 31.5. The van der Waals surface area contributed by atoms with Crippen molar-refractivity contribution in [3.63, 3.8) is 0 Å². The van der Waals surface area contributed by atoms with Crippen LogP contribution in [-0.2, 0) is 0 Å². The van der Waals surface area contributed by atoms with E-state index in [0.29, 0.717) is 23.5 Å². The Morgan fingerprint density at radius 2 is 1.00 bits per heavy atom. The number of para-hydroxylation sites is 4. The predicted molar refractivity (Wildman–Crippen MR) is 236 cm³/mol. The molecule has 7 heteroatoms. The van der Waals surface area contributed by atoms with E-state index in [0.717, 1.165) is 93.8 Å². The molecule has 0 bridgehead atoms. The van der Waals surface area contributed by atoms with E-state index in [1.807, 2.05) is 91.0 Å². The fourth-order valence-electron chi connectivity index (χ4n) is 8.44. The van der Waals surface area contributed by atoms with Crippen molar-refractivity contribution in [1.29, 1.82) is 0 Å². The molecule has 12 rings (SSSR count). The summed E-state index contributed by atoms with van der Waals surface area (Å²) in [4.78, 5) is 20.7. The standard InChI is InChI=1S/C52H31N5O2/c1-3-15-32(16-4-1)36-23-14-29-44-46(36)40-22-7-9-28-43(40)57(44)52-55-49(54-50(56-52)41-26-12-25-39-38-21-8-10-30-45(38)58-47(39)41)35-20-11-19-34(31-35)37-24-13-27-42-48(37)59-51(53-42)33-17-5-2-6-18-33/h1-31H. The number of aromatic nitrogens is 5. The molecule has 276 valence electrons. The first-order valence-corrected chi connectivity index (χ1v) is 19.6. The maximum atomic E-state index is 6.55. The summed E-state index contributed by atoms with van der Waals surface area (Å²) in [7, 11) is 0. The van der Waals surface area contributed by atoms with Gasteiger partial charge >= 0.3 is 0 Å². The number of oxazole rings is 1. The summed E-state index contributed by atoms with van der Waals surface area (Å²) in [5.74, 6) is 2.12. The van der Waals surface area contributed by atoms with E-state index in [1.54, 1.807) is 0 Å². The second-order valence-corrected chi connectivity index (χ2v) is 14.6. The second-order valence-electron chi connectivity index (χ2n) is 14.6. The van der Waals surface area contributed by atoms with Crippen molar-refractivity contribution in [2.24, 2.45) is 0 Å². The average molecular weight is 758 g/mol. The van der Waals surface area contributed by atoms with Crippen molar-refractivity contribution < 1.29 is 8.83 Å². The lowest BCUT2D eigenvalue weighted by molar-refractivity contribution is 0.621. The van der Waals surface area contributed by atoms with E-state index in [9.17, 15) is 0 Å². The highest BCUT2D eigenvalue weighted by atomic mass is 16.3. The Labute approximate surface area is 337 Å². The molecule has 0 aliphatic rings. The van der Waals surface area contributed by atoms with E-state index < -0.39 is 0 Å². The van der Waals surface area contributed by atoms with Crippen molar-refractivity contribution in [2.75, 3.05) is 0 Å². The molecule has 0 aliphatic carbocycles. The molecule has 0 spiro atoms. The molecule has 0 saturated heterocycles. The van der Waals surface area contributed by atoms with Crippen molar-refractivity contribution in [3.8, 4) is 62.4 Å². The third-order valence-corrected chi connectivity index (χ3v) is 11.1. The topological polar surface area (TPSA) is 82.8 Å². The van der Waals surface area contributed by atoms with Gasteiger partial charge in [-0.05, 0) is 65.2 Å². The molecule has 0 amide bonds. The Balaban J connectivity index is 1.10. The van der Waals surface area contributed by atoms with Gasteiger partial charge in [0.2, 0.25) is 11.8 Å². The van der Waals surface area contributed by atoms with Gasteiger partial charge in [0.25, 0.3) is 0 Å². The number of fused-ring (bicyclic) bond motifs is 7. The number of nitrogens with zero attached hydrogens (tertiary/aromatic N) is 5. The van der Waals surface area contributed by atoms with E-state index in [1.165, 1.54) is 0 Å². The summed E-state index contributed by atoms with van der Waals surface area (Å²) in [6.07, 6.45) is 0. The van der Waals surface area contributed by atoms with Crippen LogP contribution in [0.3, 0.4) is 0 Å². The van der Waals surface area contributed by atoms with Crippen LogP contribution in [0.25, 0.3) is 117 Å². The normalized spacial score (nSPS) is 11.7. The molecule has 7 nitrogen and oxygen atoms in total. The molecule has 12 aromatic rings. The van der Waals surface area contributed by atoms with Gasteiger partial charge in [-0.2, -0.15) is 9.97 Å². The largest absolute Gasteiger partial charge is 0.455 e. The molecule has 8 aromatic carbocycles. The van der Waals surface area contributed by atoms with Gasteiger partial charge in [0, 0.05) is 38.2 Å². The number of benzene rings is 8. The first-order valence-electron chi connectivity index (χ1n) is 19.6. The number of furan rings is 1. The average Bonchev–Trinajstić information content (AvgIpc) is 4.02. The minimum atomic E-state index is 0.504. The van der Waals surface area contributed by atoms with Crippen LogP contribution in [0, 0.1) is 0 Å². The zero-order chi connectivity index (χ0) is 38.9.